The minimum Gasteiger partial charge on any atom is -0.0683 e. The Morgan fingerprint density at radius 2 is 1.15 bits per heavy atom. The maximum Gasteiger partial charge on any atom is -0.0161 e. The van der Waals surface area contributed by atoms with Crippen LogP contribution in [0.4, 0.5) is 0 Å². The third kappa shape index (κ3) is 6.06. The first-order valence-electron chi connectivity index (χ1n) is 7.75. The normalized spacial score (nSPS) is 12.7. The van der Waals surface area contributed by atoms with Crippen LogP contribution < -0.4 is 0 Å². The zero-order valence-electron chi connectivity index (χ0n) is 13.6. The van der Waals surface area contributed by atoms with Gasteiger partial charge in [0.1, 0.15) is 0 Å². The van der Waals surface area contributed by atoms with E-state index in [1.165, 1.54) is 29.5 Å². The van der Waals surface area contributed by atoms with Crippen LogP contribution in [-0.2, 0) is 0 Å². The third-order valence-electron chi connectivity index (χ3n) is 3.26. The van der Waals surface area contributed by atoms with Gasteiger partial charge in [-0.1, -0.05) is 79.1 Å². The fraction of sp³-hybridized carbons (Fsp3) is 0.400. The molecule has 20 heavy (non-hydrogen) atoms. The molecule has 0 amide bonds. The SMILES string of the molecule is CC.Cc1cccc(C)c1.Cc1cccc(C2CC2)c1. The van der Waals surface area contributed by atoms with E-state index in [0.717, 1.165) is 5.92 Å². The Morgan fingerprint density at radius 3 is 1.50 bits per heavy atom. The first-order chi connectivity index (χ1) is 9.65. The van der Waals surface area contributed by atoms with E-state index in [1.807, 2.05) is 13.8 Å². The highest BCUT2D eigenvalue weighted by molar-refractivity contribution is 5.28. The third-order valence-corrected chi connectivity index (χ3v) is 3.26. The van der Waals surface area contributed by atoms with Crippen LogP contribution >= 0.6 is 0 Å². The summed E-state index contributed by atoms with van der Waals surface area (Å²) in [4.78, 5) is 0. The predicted molar refractivity (Wildman–Crippen MR) is 90.4 cm³/mol. The molecule has 0 saturated heterocycles. The number of hydrogen-bond donors (Lipinski definition) is 0. The van der Waals surface area contributed by atoms with Crippen LogP contribution in [-0.4, -0.2) is 0 Å². The Morgan fingerprint density at radius 1 is 0.700 bits per heavy atom. The second-order valence-electron chi connectivity index (χ2n) is 5.35. The van der Waals surface area contributed by atoms with Gasteiger partial charge in [-0.2, -0.15) is 0 Å². The van der Waals surface area contributed by atoms with Crippen molar-refractivity contribution in [1.82, 2.24) is 0 Å². The summed E-state index contributed by atoms with van der Waals surface area (Å²) in [5, 5.41) is 0. The van der Waals surface area contributed by atoms with Gasteiger partial charge >= 0.3 is 0 Å². The van der Waals surface area contributed by atoms with Crippen molar-refractivity contribution in [2.75, 3.05) is 0 Å². The van der Waals surface area contributed by atoms with E-state index in [9.17, 15) is 0 Å². The summed E-state index contributed by atoms with van der Waals surface area (Å²) in [5.74, 6) is 0.903. The predicted octanol–water partition coefficient (Wildman–Crippen LogP) is 6.20. The summed E-state index contributed by atoms with van der Waals surface area (Å²) in [6.07, 6.45) is 2.81. The highest BCUT2D eigenvalue weighted by Gasteiger charge is 2.22. The van der Waals surface area contributed by atoms with Gasteiger partial charge < -0.3 is 0 Å². The first kappa shape index (κ1) is 16.5. The van der Waals surface area contributed by atoms with E-state index >= 15 is 0 Å². The van der Waals surface area contributed by atoms with Gasteiger partial charge in [0.15, 0.2) is 0 Å². The lowest BCUT2D eigenvalue weighted by molar-refractivity contribution is 1.12. The van der Waals surface area contributed by atoms with Gasteiger partial charge in [-0.15, -0.1) is 0 Å². The van der Waals surface area contributed by atoms with Crippen molar-refractivity contribution in [1.29, 1.82) is 0 Å². The lowest BCUT2D eigenvalue weighted by atomic mass is 10.1. The van der Waals surface area contributed by atoms with Gasteiger partial charge in [0.05, 0.1) is 0 Å². The molecule has 2 aromatic rings. The van der Waals surface area contributed by atoms with Crippen molar-refractivity contribution in [3.8, 4) is 0 Å². The summed E-state index contributed by atoms with van der Waals surface area (Å²) in [6, 6.07) is 17.3. The van der Waals surface area contributed by atoms with Gasteiger partial charge in [0, 0.05) is 0 Å². The Kier molecular flexibility index (Phi) is 7.08. The summed E-state index contributed by atoms with van der Waals surface area (Å²) < 4.78 is 0. The van der Waals surface area contributed by atoms with Crippen LogP contribution in [0.2, 0.25) is 0 Å². The molecule has 108 valence electrons. The lowest BCUT2D eigenvalue weighted by Gasteiger charge is -1.97. The smallest absolute Gasteiger partial charge is 0.0161 e. The highest BCUT2D eigenvalue weighted by Crippen LogP contribution is 2.39. The molecule has 3 rings (SSSR count). The van der Waals surface area contributed by atoms with Crippen molar-refractivity contribution in [2.45, 2.75) is 53.4 Å². The molecule has 1 saturated carbocycles. The van der Waals surface area contributed by atoms with Gasteiger partial charge in [-0.05, 0) is 45.1 Å². The molecule has 0 heterocycles. The first-order valence-corrected chi connectivity index (χ1v) is 7.75. The monoisotopic (exact) mass is 268 g/mol. The Balaban J connectivity index is 0.000000182. The van der Waals surface area contributed by atoms with Gasteiger partial charge in [-0.25, -0.2) is 0 Å². The van der Waals surface area contributed by atoms with E-state index in [2.05, 4.69) is 69.3 Å². The minimum atomic E-state index is 0.903. The summed E-state index contributed by atoms with van der Waals surface area (Å²) >= 11 is 0. The van der Waals surface area contributed by atoms with Crippen LogP contribution in [0.3, 0.4) is 0 Å². The number of benzene rings is 2. The molecule has 0 bridgehead atoms. The Bertz CT molecular complexity index is 490. The van der Waals surface area contributed by atoms with Crippen LogP contribution in [0.15, 0.2) is 48.5 Å². The molecular formula is C20H28. The molecule has 0 unspecified atom stereocenters. The van der Waals surface area contributed by atoms with E-state index < -0.39 is 0 Å². The standard InChI is InChI=1S/C10H12.C8H10.C2H6/c1-8-3-2-4-10(7-8)9-5-6-9;1-7-4-3-5-8(2)6-7;1-2/h2-4,7,9H,5-6H2,1H3;3-6H,1-2H3;1-2H3. The van der Waals surface area contributed by atoms with Crippen molar-refractivity contribution in [3.63, 3.8) is 0 Å². The summed E-state index contributed by atoms with van der Waals surface area (Å²) in [6.45, 7) is 10.4. The van der Waals surface area contributed by atoms with Crippen molar-refractivity contribution < 1.29 is 0 Å². The van der Waals surface area contributed by atoms with Crippen LogP contribution in [0.25, 0.3) is 0 Å². The maximum atomic E-state index is 2.30. The molecule has 0 N–H and O–H groups in total. The lowest BCUT2D eigenvalue weighted by Crippen LogP contribution is -1.78. The van der Waals surface area contributed by atoms with E-state index in [1.54, 1.807) is 5.56 Å². The molecule has 0 nitrogen and oxygen atoms in total. The van der Waals surface area contributed by atoms with Gasteiger partial charge in [-0.3, -0.25) is 0 Å². The molecule has 0 spiro atoms. The number of hydrogen-bond acceptors (Lipinski definition) is 0. The fourth-order valence-electron chi connectivity index (χ4n) is 2.15. The van der Waals surface area contributed by atoms with E-state index in [0.29, 0.717) is 0 Å². The maximum absolute atomic E-state index is 2.30. The molecule has 1 aliphatic carbocycles. The summed E-state index contributed by atoms with van der Waals surface area (Å²) in [7, 11) is 0. The average molecular weight is 268 g/mol. The van der Waals surface area contributed by atoms with Crippen LogP contribution in [0.1, 0.15) is 54.9 Å². The quantitative estimate of drug-likeness (QED) is 0.577. The van der Waals surface area contributed by atoms with Gasteiger partial charge in [0.2, 0.25) is 0 Å². The highest BCUT2D eigenvalue weighted by atomic mass is 14.3. The molecular weight excluding hydrogens is 240 g/mol. The molecule has 0 radical (unpaired) electrons. The van der Waals surface area contributed by atoms with Crippen LogP contribution in [0, 0.1) is 20.8 Å². The van der Waals surface area contributed by atoms with Crippen molar-refractivity contribution >= 4 is 0 Å². The van der Waals surface area contributed by atoms with Gasteiger partial charge in [0.25, 0.3) is 0 Å². The summed E-state index contributed by atoms with van der Waals surface area (Å²) in [5.41, 5.74) is 5.61. The Hall–Kier alpha value is -1.56. The average Bonchev–Trinajstić information content (AvgIpc) is 3.26. The molecule has 0 atom stereocenters. The second-order valence-corrected chi connectivity index (χ2v) is 5.35. The van der Waals surface area contributed by atoms with E-state index in [4.69, 9.17) is 0 Å². The molecule has 0 heteroatoms. The fourth-order valence-corrected chi connectivity index (χ4v) is 2.15. The molecule has 1 fully saturated rings. The molecule has 0 aromatic heterocycles. The second kappa shape index (κ2) is 8.58. The molecule has 2 aromatic carbocycles. The zero-order valence-corrected chi connectivity index (χ0v) is 13.6. The topological polar surface area (TPSA) is 0 Å². The van der Waals surface area contributed by atoms with E-state index in [-0.39, 0.29) is 0 Å². The molecule has 0 aliphatic heterocycles. The Labute approximate surface area is 124 Å². The number of aryl methyl sites for hydroxylation is 3. The number of rotatable bonds is 1. The molecule has 1 aliphatic rings. The van der Waals surface area contributed by atoms with Crippen molar-refractivity contribution in [2.24, 2.45) is 0 Å². The van der Waals surface area contributed by atoms with Crippen LogP contribution in [0.5, 0.6) is 0 Å². The zero-order chi connectivity index (χ0) is 15.0. The minimum absolute atomic E-state index is 0.903. The largest absolute Gasteiger partial charge is 0.0683 e. The van der Waals surface area contributed by atoms with Crippen molar-refractivity contribution in [3.05, 3.63) is 70.8 Å².